The summed E-state index contributed by atoms with van der Waals surface area (Å²) >= 11 is 1.99. The summed E-state index contributed by atoms with van der Waals surface area (Å²) in [4.78, 5) is 2.73. The molecule has 2 aliphatic heterocycles. The second-order valence-corrected chi connectivity index (χ2v) is 25.5. The molecule has 3 heterocycles. The molecule has 0 N–H and O–H groups in total. The monoisotopic (exact) mass is 872 g/mol. The van der Waals surface area contributed by atoms with Crippen molar-refractivity contribution in [2.45, 2.75) is 156 Å². The second kappa shape index (κ2) is 15.1. The van der Waals surface area contributed by atoms with E-state index in [1.54, 1.807) is 16.7 Å². The van der Waals surface area contributed by atoms with Crippen LogP contribution in [-0.2, 0) is 33.5 Å². The molecule has 1 atom stereocenters. The van der Waals surface area contributed by atoms with Crippen LogP contribution in [0.3, 0.4) is 0 Å². The Kier molecular flexibility index (Phi) is 10.2. The largest absolute Gasteiger partial charge is 0.302 e. The van der Waals surface area contributed by atoms with Crippen molar-refractivity contribution in [3.8, 4) is 11.1 Å². The molecule has 3 aliphatic rings. The van der Waals surface area contributed by atoms with Gasteiger partial charge in [-0.25, -0.2) is 0 Å². The van der Waals surface area contributed by atoms with E-state index in [1.165, 1.54) is 100 Å². The van der Waals surface area contributed by atoms with Crippen molar-refractivity contribution < 1.29 is 0 Å². The van der Waals surface area contributed by atoms with Crippen molar-refractivity contribution in [3.05, 3.63) is 165 Å². The molecule has 6 aromatic carbocycles. The summed E-state index contributed by atoms with van der Waals surface area (Å²) < 4.78 is 1.37. The first kappa shape index (κ1) is 44.0. The van der Waals surface area contributed by atoms with Gasteiger partial charge in [-0.05, 0) is 150 Å². The predicted octanol–water partition coefficient (Wildman–Crippen LogP) is 15.5. The smallest absolute Gasteiger partial charge is 0.249 e. The van der Waals surface area contributed by atoms with E-state index >= 15 is 0 Å². The Morgan fingerprint density at radius 3 is 1.88 bits per heavy atom. The molecule has 0 radical (unpaired) electrons. The third kappa shape index (κ3) is 7.44. The van der Waals surface area contributed by atoms with Crippen LogP contribution < -0.4 is 21.3 Å². The van der Waals surface area contributed by atoms with Gasteiger partial charge in [0.2, 0.25) is 6.71 Å². The quantitative estimate of drug-likeness (QED) is 0.156. The van der Waals surface area contributed by atoms with Crippen molar-refractivity contribution >= 4 is 60.9 Å². The Hall–Kier alpha value is -4.86. The lowest BCUT2D eigenvalue weighted by Gasteiger charge is -2.46. The van der Waals surface area contributed by atoms with E-state index in [0.717, 1.165) is 12.8 Å². The highest BCUT2D eigenvalue weighted by atomic mass is 32.1. The average molecular weight is 872 g/mol. The molecule has 332 valence electrons. The van der Waals surface area contributed by atoms with Gasteiger partial charge in [-0.3, -0.25) is 0 Å². The third-order valence-corrected chi connectivity index (χ3v) is 17.0. The number of anilines is 3. The lowest BCUT2D eigenvalue weighted by atomic mass is 9.30. The number of thiophene rings is 1. The van der Waals surface area contributed by atoms with Gasteiger partial charge in [-0.2, -0.15) is 0 Å². The Labute approximate surface area is 395 Å². The normalized spacial score (nSPS) is 17.4. The molecule has 1 aliphatic carbocycles. The average Bonchev–Trinajstić information content (AvgIpc) is 3.61. The highest BCUT2D eigenvalue weighted by Gasteiger charge is 2.48. The van der Waals surface area contributed by atoms with Crippen molar-refractivity contribution in [1.29, 1.82) is 0 Å². The standard InChI is InChI=1S/C62H70BNS/c1-38-20-29-54-48(32-38)56-57(65-54)64(52-28-26-42(59(5,6)7)33-45(52)40-18-16-15-17-19-40)53-35-43(60(8,9)10)34-47-44(27-23-39-21-24-41(25-22-39)58(2,3)4)46-36-49-50(37-51(46)63(56)55(47)53)62(13,14)31-30-61(49,11)12/h15-22,24-26,28-29,32-37,44H,23,27,30-31H2,1-14H3. The van der Waals surface area contributed by atoms with Gasteiger partial charge in [0.25, 0.3) is 0 Å². The van der Waals surface area contributed by atoms with E-state index in [-0.39, 0.29) is 39.7 Å². The Balaban J connectivity index is 1.31. The van der Waals surface area contributed by atoms with Crippen LogP contribution in [0.5, 0.6) is 0 Å². The van der Waals surface area contributed by atoms with Crippen LogP contribution in [0.2, 0.25) is 0 Å². The Morgan fingerprint density at radius 1 is 0.600 bits per heavy atom. The fourth-order valence-electron chi connectivity index (χ4n) is 11.6. The summed E-state index contributed by atoms with van der Waals surface area (Å²) in [7, 11) is 0. The van der Waals surface area contributed by atoms with Crippen molar-refractivity contribution in [3.63, 3.8) is 0 Å². The maximum absolute atomic E-state index is 2.75. The molecule has 65 heavy (non-hydrogen) atoms. The van der Waals surface area contributed by atoms with E-state index in [1.807, 2.05) is 11.3 Å². The van der Waals surface area contributed by atoms with Gasteiger partial charge in [0.15, 0.2) is 0 Å². The van der Waals surface area contributed by atoms with Crippen LogP contribution in [0.4, 0.5) is 16.4 Å². The van der Waals surface area contributed by atoms with Crippen LogP contribution in [0.1, 0.15) is 165 Å². The van der Waals surface area contributed by atoms with E-state index in [4.69, 9.17) is 0 Å². The number of hydrogen-bond donors (Lipinski definition) is 0. The summed E-state index contributed by atoms with van der Waals surface area (Å²) in [6.07, 6.45) is 4.50. The fourth-order valence-corrected chi connectivity index (χ4v) is 12.8. The lowest BCUT2D eigenvalue weighted by molar-refractivity contribution is 0.331. The second-order valence-electron chi connectivity index (χ2n) is 24.5. The number of aryl methyl sites for hydroxylation is 2. The molecule has 0 saturated heterocycles. The number of benzene rings is 6. The van der Waals surface area contributed by atoms with Gasteiger partial charge in [0, 0.05) is 21.9 Å². The van der Waals surface area contributed by atoms with Crippen molar-refractivity contribution in [2.75, 3.05) is 4.90 Å². The minimum atomic E-state index is -0.0575. The summed E-state index contributed by atoms with van der Waals surface area (Å²) in [5, 5.41) is 2.77. The summed E-state index contributed by atoms with van der Waals surface area (Å²) in [6.45, 7) is 33.7. The molecule has 1 nitrogen and oxygen atoms in total. The van der Waals surface area contributed by atoms with Gasteiger partial charge < -0.3 is 4.90 Å². The summed E-state index contributed by atoms with van der Waals surface area (Å²) in [6, 6.07) is 46.1. The highest BCUT2D eigenvalue weighted by Crippen LogP contribution is 2.52. The lowest BCUT2D eigenvalue weighted by Crippen LogP contribution is -2.62. The van der Waals surface area contributed by atoms with Crippen LogP contribution in [0.25, 0.3) is 21.2 Å². The predicted molar refractivity (Wildman–Crippen MR) is 286 cm³/mol. The van der Waals surface area contributed by atoms with Crippen LogP contribution in [0.15, 0.2) is 115 Å². The zero-order chi connectivity index (χ0) is 46.2. The molecule has 0 spiro atoms. The zero-order valence-corrected chi connectivity index (χ0v) is 42.6. The van der Waals surface area contributed by atoms with Crippen molar-refractivity contribution in [1.82, 2.24) is 0 Å². The highest BCUT2D eigenvalue weighted by molar-refractivity contribution is 7.26. The minimum absolute atomic E-state index is 0.00610. The topological polar surface area (TPSA) is 3.24 Å². The summed E-state index contributed by atoms with van der Waals surface area (Å²) in [5.74, 6) is 0.248. The number of nitrogens with zero attached hydrogens (tertiary/aromatic N) is 1. The molecular weight excluding hydrogens is 802 g/mol. The van der Waals surface area contributed by atoms with Crippen LogP contribution in [-0.4, -0.2) is 6.71 Å². The molecular formula is C62H70BNS. The van der Waals surface area contributed by atoms with Gasteiger partial charge in [0.1, 0.15) is 0 Å². The zero-order valence-electron chi connectivity index (χ0n) is 41.8. The van der Waals surface area contributed by atoms with Gasteiger partial charge in [-0.1, -0.05) is 192 Å². The molecule has 7 aromatic rings. The molecule has 0 amide bonds. The number of fused-ring (bicyclic) bond motifs is 7. The van der Waals surface area contributed by atoms with Gasteiger partial charge in [-0.15, -0.1) is 11.3 Å². The number of rotatable bonds is 5. The minimum Gasteiger partial charge on any atom is -0.302 e. The Bertz CT molecular complexity index is 2990. The first-order valence-electron chi connectivity index (χ1n) is 24.5. The van der Waals surface area contributed by atoms with Gasteiger partial charge >= 0.3 is 0 Å². The molecule has 0 fully saturated rings. The van der Waals surface area contributed by atoms with Crippen LogP contribution in [0, 0.1) is 6.92 Å². The maximum atomic E-state index is 2.75. The third-order valence-electron chi connectivity index (χ3n) is 15.8. The van der Waals surface area contributed by atoms with E-state index in [9.17, 15) is 0 Å². The maximum Gasteiger partial charge on any atom is 0.249 e. The number of hydrogen-bond acceptors (Lipinski definition) is 2. The summed E-state index contributed by atoms with van der Waals surface area (Å²) in [5.41, 5.74) is 23.1. The first-order chi connectivity index (χ1) is 30.5. The van der Waals surface area contributed by atoms with Gasteiger partial charge in [0.05, 0.1) is 10.7 Å². The Morgan fingerprint density at radius 2 is 1.23 bits per heavy atom. The molecule has 1 unspecified atom stereocenters. The molecule has 3 heteroatoms. The van der Waals surface area contributed by atoms with E-state index < -0.39 is 0 Å². The fraction of sp³-hybridized carbons (Fsp3) is 0.387. The molecule has 0 saturated carbocycles. The molecule has 1 aromatic heterocycles. The van der Waals surface area contributed by atoms with Crippen molar-refractivity contribution in [2.24, 2.45) is 0 Å². The first-order valence-corrected chi connectivity index (χ1v) is 25.3. The molecule has 10 rings (SSSR count). The SMILES string of the molecule is Cc1ccc2sc3c(c2c1)B1c2cc4c(cc2C(CCc2ccc(C(C)(C)C)cc2)c2cc(C(C)(C)C)cc(c21)N3c1ccc(C(C)(C)C)cc1-c1ccccc1)C(C)(C)CCC4(C)C. The van der Waals surface area contributed by atoms with E-state index in [2.05, 4.69) is 217 Å². The van der Waals surface area contributed by atoms with E-state index in [0.29, 0.717) is 0 Å². The molecule has 0 bridgehead atoms. The van der Waals surface area contributed by atoms with Crippen LogP contribution >= 0.6 is 11.3 Å².